The summed E-state index contributed by atoms with van der Waals surface area (Å²) < 4.78 is 31.0. The number of ether oxygens (including phenoxy) is 6. The number of carbonyl (C=O) groups is 4. The molecule has 1 unspecified atom stereocenters. The van der Waals surface area contributed by atoms with E-state index < -0.39 is 30.4 Å². The molecule has 0 spiro atoms. The normalized spacial score (nSPS) is 13.0. The second-order valence-corrected chi connectivity index (χ2v) is 9.35. The van der Waals surface area contributed by atoms with Crippen molar-refractivity contribution in [3.05, 3.63) is 23.8 Å². The van der Waals surface area contributed by atoms with E-state index in [1.54, 1.807) is 13.0 Å². The minimum atomic E-state index is -1.06. The fourth-order valence-electron chi connectivity index (χ4n) is 3.04. The molecule has 11 heteroatoms. The summed E-state index contributed by atoms with van der Waals surface area (Å²) in [5.41, 5.74) is 6.55. The number of benzene rings is 1. The Kier molecular flexibility index (Phi) is 16.3. The van der Waals surface area contributed by atoms with E-state index in [1.165, 1.54) is 12.1 Å². The van der Waals surface area contributed by atoms with Gasteiger partial charge in [0.1, 0.15) is 18.8 Å². The molecule has 0 aliphatic heterocycles. The average molecular weight is 554 g/mol. The first-order chi connectivity index (χ1) is 18.6. The minimum absolute atomic E-state index is 0.0296. The second kappa shape index (κ2) is 18.8. The first kappa shape index (κ1) is 33.7. The Hall–Kier alpha value is -3.34. The number of rotatable bonds is 17. The topological polar surface area (TPSA) is 150 Å². The van der Waals surface area contributed by atoms with Crippen molar-refractivity contribution in [3.8, 4) is 11.5 Å². The summed E-state index contributed by atoms with van der Waals surface area (Å²) in [7, 11) is 0. The Morgan fingerprint density at radius 1 is 0.846 bits per heavy atom. The summed E-state index contributed by atoms with van der Waals surface area (Å²) in [5.74, 6) is -0.991. The fourth-order valence-corrected chi connectivity index (χ4v) is 3.04. The van der Waals surface area contributed by atoms with Crippen LogP contribution in [0.25, 0.3) is 0 Å². The molecule has 11 nitrogen and oxygen atoms in total. The van der Waals surface area contributed by atoms with Gasteiger partial charge in [0, 0.05) is 6.42 Å². The molecule has 39 heavy (non-hydrogen) atoms. The van der Waals surface area contributed by atoms with Crippen LogP contribution in [-0.2, 0) is 35.0 Å². The van der Waals surface area contributed by atoms with Crippen LogP contribution in [0.4, 0.5) is 9.59 Å². The summed E-state index contributed by atoms with van der Waals surface area (Å²) in [5, 5.41) is 0. The van der Waals surface area contributed by atoms with Gasteiger partial charge in [-0.15, -0.1) is 0 Å². The van der Waals surface area contributed by atoms with Gasteiger partial charge in [0.2, 0.25) is 0 Å². The maximum absolute atomic E-state index is 12.5. The summed E-state index contributed by atoms with van der Waals surface area (Å²) >= 11 is 0. The molecule has 0 bridgehead atoms. The molecule has 220 valence electrons. The van der Waals surface area contributed by atoms with Crippen LogP contribution in [-0.4, -0.2) is 56.2 Å². The minimum Gasteiger partial charge on any atom is -0.462 e. The number of carbonyl (C=O) groups excluding carboxylic acids is 4. The van der Waals surface area contributed by atoms with Crippen LogP contribution in [0.1, 0.15) is 78.7 Å². The van der Waals surface area contributed by atoms with E-state index >= 15 is 0 Å². The third kappa shape index (κ3) is 14.4. The maximum atomic E-state index is 12.5. The third-order valence-electron chi connectivity index (χ3n) is 5.60. The zero-order valence-corrected chi connectivity index (χ0v) is 23.7. The van der Waals surface area contributed by atoms with Crippen molar-refractivity contribution < 1.29 is 47.6 Å². The summed E-state index contributed by atoms with van der Waals surface area (Å²) in [6.45, 7) is 9.73. The SMILES string of the molecule is CCCCOC(=O)Oc1ccc(C[C@H](N)C(=O)O[C@@H](C)COC(=O)CC(C)CC)cc1OC(=O)OCCCC. The van der Waals surface area contributed by atoms with Crippen molar-refractivity contribution in [1.82, 2.24) is 0 Å². The molecule has 0 aliphatic carbocycles. The van der Waals surface area contributed by atoms with Gasteiger partial charge in [-0.05, 0) is 49.8 Å². The largest absolute Gasteiger partial charge is 0.513 e. The first-order valence-electron chi connectivity index (χ1n) is 13.5. The van der Waals surface area contributed by atoms with Crippen LogP contribution in [0.3, 0.4) is 0 Å². The van der Waals surface area contributed by atoms with Gasteiger partial charge in [0.05, 0.1) is 13.2 Å². The highest BCUT2D eigenvalue weighted by Crippen LogP contribution is 2.30. The third-order valence-corrected chi connectivity index (χ3v) is 5.60. The molecule has 0 radical (unpaired) electrons. The lowest BCUT2D eigenvalue weighted by atomic mass is 10.1. The van der Waals surface area contributed by atoms with Gasteiger partial charge in [0.25, 0.3) is 0 Å². The van der Waals surface area contributed by atoms with Gasteiger partial charge < -0.3 is 34.2 Å². The van der Waals surface area contributed by atoms with Crippen molar-refractivity contribution in [1.29, 1.82) is 0 Å². The first-order valence-corrected chi connectivity index (χ1v) is 13.5. The molecule has 1 rings (SSSR count). The molecule has 0 fully saturated rings. The van der Waals surface area contributed by atoms with E-state index in [0.29, 0.717) is 24.8 Å². The molecule has 1 aromatic carbocycles. The quantitative estimate of drug-likeness (QED) is 0.119. The monoisotopic (exact) mass is 553 g/mol. The summed E-state index contributed by atoms with van der Waals surface area (Å²) in [4.78, 5) is 48.5. The molecule has 0 saturated carbocycles. The number of hydrogen-bond acceptors (Lipinski definition) is 11. The standard InChI is InChI=1S/C28H43NO10/c1-6-9-13-34-27(32)38-23-12-11-21(17-24(23)39-28(33)35-14-10-7-2)16-22(29)26(31)37-20(5)18-36-25(30)15-19(4)8-3/h11-12,17,19-20,22H,6-10,13-16,18,29H2,1-5H3/t19?,20-,22-/m0/s1. The van der Waals surface area contributed by atoms with E-state index in [0.717, 1.165) is 19.3 Å². The van der Waals surface area contributed by atoms with Crippen molar-refractivity contribution >= 4 is 24.2 Å². The van der Waals surface area contributed by atoms with Crippen LogP contribution in [0, 0.1) is 5.92 Å². The molecule has 0 aliphatic rings. The molecule has 2 N–H and O–H groups in total. The molecule has 1 aromatic rings. The Balaban J connectivity index is 2.81. The highest BCUT2D eigenvalue weighted by molar-refractivity contribution is 5.76. The van der Waals surface area contributed by atoms with Crippen molar-refractivity contribution in [2.75, 3.05) is 19.8 Å². The smallest absolute Gasteiger partial charge is 0.462 e. The van der Waals surface area contributed by atoms with Gasteiger partial charge in [0.15, 0.2) is 11.5 Å². The zero-order valence-electron chi connectivity index (χ0n) is 23.7. The molecule has 0 heterocycles. The van der Waals surface area contributed by atoms with Crippen molar-refractivity contribution in [2.45, 2.75) is 91.7 Å². The molecule has 3 atom stereocenters. The van der Waals surface area contributed by atoms with E-state index in [4.69, 9.17) is 34.2 Å². The number of nitrogens with two attached hydrogens (primary N) is 1. The average Bonchev–Trinajstić information content (AvgIpc) is 2.89. The fraction of sp³-hybridized carbons (Fsp3) is 0.643. The lowest BCUT2D eigenvalue weighted by Gasteiger charge is -2.18. The van der Waals surface area contributed by atoms with Crippen LogP contribution in [0.2, 0.25) is 0 Å². The summed E-state index contributed by atoms with van der Waals surface area (Å²) in [6, 6.07) is 3.33. The van der Waals surface area contributed by atoms with Crippen LogP contribution in [0.5, 0.6) is 11.5 Å². The van der Waals surface area contributed by atoms with Gasteiger partial charge in [-0.1, -0.05) is 53.0 Å². The van der Waals surface area contributed by atoms with E-state index in [-0.39, 0.29) is 49.6 Å². The maximum Gasteiger partial charge on any atom is 0.513 e. The summed E-state index contributed by atoms with van der Waals surface area (Å²) in [6.07, 6.45) is 1.59. The number of unbranched alkanes of at least 4 members (excludes halogenated alkanes) is 2. The van der Waals surface area contributed by atoms with Gasteiger partial charge in [-0.2, -0.15) is 0 Å². The van der Waals surface area contributed by atoms with Gasteiger partial charge in [-0.3, -0.25) is 9.59 Å². The van der Waals surface area contributed by atoms with Crippen LogP contribution >= 0.6 is 0 Å². The van der Waals surface area contributed by atoms with E-state index in [9.17, 15) is 19.2 Å². The second-order valence-electron chi connectivity index (χ2n) is 9.35. The highest BCUT2D eigenvalue weighted by atomic mass is 16.7. The van der Waals surface area contributed by atoms with E-state index in [2.05, 4.69) is 0 Å². The molecule has 0 saturated heterocycles. The van der Waals surface area contributed by atoms with Gasteiger partial charge in [-0.25, -0.2) is 9.59 Å². The lowest BCUT2D eigenvalue weighted by molar-refractivity contribution is -0.159. The number of esters is 2. The predicted octanol–water partition coefficient (Wildman–Crippen LogP) is 5.10. The molecule has 0 amide bonds. The number of hydrogen-bond donors (Lipinski definition) is 1. The molecular weight excluding hydrogens is 510 g/mol. The van der Waals surface area contributed by atoms with Crippen molar-refractivity contribution in [2.24, 2.45) is 11.7 Å². The van der Waals surface area contributed by atoms with Crippen molar-refractivity contribution in [3.63, 3.8) is 0 Å². The van der Waals surface area contributed by atoms with Gasteiger partial charge >= 0.3 is 24.2 Å². The Morgan fingerprint density at radius 2 is 1.44 bits per heavy atom. The Morgan fingerprint density at radius 3 is 2.00 bits per heavy atom. The predicted molar refractivity (Wildman–Crippen MR) is 142 cm³/mol. The Labute approximate surface area is 230 Å². The zero-order chi connectivity index (χ0) is 29.2. The lowest BCUT2D eigenvalue weighted by Crippen LogP contribution is -2.37. The highest BCUT2D eigenvalue weighted by Gasteiger charge is 2.22. The van der Waals surface area contributed by atoms with Crippen LogP contribution in [0.15, 0.2) is 18.2 Å². The van der Waals surface area contributed by atoms with E-state index in [1.807, 2.05) is 27.7 Å². The van der Waals surface area contributed by atoms with Crippen LogP contribution < -0.4 is 15.2 Å². The Bertz CT molecular complexity index is 920. The molecule has 0 aromatic heterocycles. The molecular formula is C28H43NO10.